The van der Waals surface area contributed by atoms with E-state index in [9.17, 15) is 15.2 Å². The van der Waals surface area contributed by atoms with E-state index in [2.05, 4.69) is 23.9 Å². The number of hydrogen-bond acceptors (Lipinski definition) is 6. The zero-order valence-electron chi connectivity index (χ0n) is 12.4. The van der Waals surface area contributed by atoms with Crippen LogP contribution < -0.4 is 4.74 Å². The minimum Gasteiger partial charge on any atom is -0.491 e. The van der Waals surface area contributed by atoms with Gasteiger partial charge in [0.25, 0.3) is 0 Å². The lowest BCUT2D eigenvalue weighted by molar-refractivity contribution is -0.394. The van der Waals surface area contributed by atoms with E-state index in [1.165, 1.54) is 11.0 Å². The molecule has 1 N–H and O–H groups in total. The highest BCUT2D eigenvalue weighted by molar-refractivity contribution is 5.35. The molecule has 0 bridgehead atoms. The van der Waals surface area contributed by atoms with Crippen LogP contribution in [-0.4, -0.2) is 37.5 Å². The van der Waals surface area contributed by atoms with Crippen LogP contribution in [0, 0.1) is 10.1 Å². The van der Waals surface area contributed by atoms with Crippen LogP contribution in [0.4, 0.5) is 5.95 Å². The number of benzene rings is 1. The molecule has 1 aromatic heterocycles. The third-order valence-corrected chi connectivity index (χ3v) is 3.06. The van der Waals surface area contributed by atoms with E-state index >= 15 is 0 Å². The second kappa shape index (κ2) is 6.99. The van der Waals surface area contributed by atoms with E-state index in [4.69, 9.17) is 4.74 Å². The third-order valence-electron chi connectivity index (χ3n) is 3.06. The molecule has 1 aromatic carbocycles. The van der Waals surface area contributed by atoms with Crippen LogP contribution in [0.2, 0.25) is 0 Å². The van der Waals surface area contributed by atoms with Crippen LogP contribution in [0.25, 0.3) is 0 Å². The fraction of sp³-hybridized carbons (Fsp3) is 0.429. The van der Waals surface area contributed by atoms with Crippen molar-refractivity contribution in [1.82, 2.24) is 14.8 Å². The van der Waals surface area contributed by atoms with Crippen LogP contribution >= 0.6 is 0 Å². The molecule has 0 fully saturated rings. The fourth-order valence-corrected chi connectivity index (χ4v) is 2.00. The molecule has 0 aliphatic heterocycles. The molecule has 8 nitrogen and oxygen atoms in total. The van der Waals surface area contributed by atoms with E-state index in [1.54, 1.807) is 0 Å². The van der Waals surface area contributed by atoms with Crippen molar-refractivity contribution in [1.29, 1.82) is 0 Å². The Morgan fingerprint density at radius 2 is 2.14 bits per heavy atom. The molecule has 1 heterocycles. The number of para-hydroxylation sites is 1. The Kier molecular flexibility index (Phi) is 5.05. The van der Waals surface area contributed by atoms with Crippen molar-refractivity contribution in [3.8, 4) is 5.75 Å². The van der Waals surface area contributed by atoms with Gasteiger partial charge in [0.1, 0.15) is 18.5 Å². The molecule has 8 heteroatoms. The van der Waals surface area contributed by atoms with Crippen LogP contribution in [0.15, 0.2) is 30.6 Å². The first kappa shape index (κ1) is 15.9. The fourth-order valence-electron chi connectivity index (χ4n) is 2.00. The first-order chi connectivity index (χ1) is 10.5. The van der Waals surface area contributed by atoms with Gasteiger partial charge in [-0.15, -0.1) is 0 Å². The molecule has 1 atom stereocenters. The Balaban J connectivity index is 1.92. The van der Waals surface area contributed by atoms with Gasteiger partial charge in [0, 0.05) is 5.10 Å². The summed E-state index contributed by atoms with van der Waals surface area (Å²) in [7, 11) is 0. The van der Waals surface area contributed by atoms with E-state index in [0.717, 1.165) is 11.3 Å². The first-order valence-electron chi connectivity index (χ1n) is 6.91. The number of aromatic nitrogens is 3. The predicted octanol–water partition coefficient (Wildman–Crippen LogP) is 1.75. The smallest absolute Gasteiger partial charge is 0.490 e. The highest BCUT2D eigenvalue weighted by atomic mass is 16.6. The summed E-state index contributed by atoms with van der Waals surface area (Å²) >= 11 is 0. The zero-order chi connectivity index (χ0) is 16.1. The molecule has 2 aromatic rings. The molecule has 118 valence electrons. The minimum absolute atomic E-state index is 0.0669. The van der Waals surface area contributed by atoms with E-state index in [1.807, 2.05) is 24.3 Å². The Morgan fingerprint density at radius 3 is 2.77 bits per heavy atom. The van der Waals surface area contributed by atoms with Crippen molar-refractivity contribution in [3.05, 3.63) is 46.3 Å². The molecule has 2 rings (SSSR count). The Labute approximate surface area is 127 Å². The van der Waals surface area contributed by atoms with Gasteiger partial charge in [-0.2, -0.15) is 4.68 Å². The second-order valence-electron chi connectivity index (χ2n) is 5.18. The van der Waals surface area contributed by atoms with Crippen LogP contribution in [0.1, 0.15) is 25.3 Å². The van der Waals surface area contributed by atoms with Crippen LogP contribution in [0.5, 0.6) is 5.75 Å². The lowest BCUT2D eigenvalue weighted by atomic mass is 10.0. The molecular weight excluding hydrogens is 288 g/mol. The van der Waals surface area contributed by atoms with Crippen molar-refractivity contribution in [2.45, 2.75) is 32.4 Å². The van der Waals surface area contributed by atoms with Crippen molar-refractivity contribution >= 4 is 5.95 Å². The molecule has 0 saturated carbocycles. The quantitative estimate of drug-likeness (QED) is 0.617. The molecule has 0 radical (unpaired) electrons. The largest absolute Gasteiger partial charge is 0.491 e. The van der Waals surface area contributed by atoms with Gasteiger partial charge in [-0.25, -0.2) is 0 Å². The van der Waals surface area contributed by atoms with Gasteiger partial charge in [-0.3, -0.25) is 0 Å². The van der Waals surface area contributed by atoms with Gasteiger partial charge in [0.05, 0.1) is 6.54 Å². The maximum absolute atomic E-state index is 10.5. The maximum Gasteiger partial charge on any atom is 0.490 e. The van der Waals surface area contributed by atoms with E-state index in [-0.39, 0.29) is 13.2 Å². The number of nitrogens with zero attached hydrogens (tertiary/aromatic N) is 4. The second-order valence-corrected chi connectivity index (χ2v) is 5.18. The summed E-state index contributed by atoms with van der Waals surface area (Å²) in [5.74, 6) is 0.547. The SMILES string of the molecule is CC(C)c1ccccc1OCC(O)Cn1cnc([N+](=O)[O-])n1. The van der Waals surface area contributed by atoms with Crippen molar-refractivity contribution < 1.29 is 14.8 Å². The summed E-state index contributed by atoms with van der Waals surface area (Å²) in [4.78, 5) is 13.3. The number of hydrogen-bond donors (Lipinski definition) is 1. The molecule has 0 spiro atoms. The zero-order valence-corrected chi connectivity index (χ0v) is 12.4. The van der Waals surface area contributed by atoms with Gasteiger partial charge in [0.15, 0.2) is 0 Å². The van der Waals surface area contributed by atoms with Gasteiger partial charge in [-0.1, -0.05) is 37.0 Å². The van der Waals surface area contributed by atoms with Crippen molar-refractivity contribution in [3.63, 3.8) is 0 Å². The molecular formula is C14H18N4O4. The average Bonchev–Trinajstić information content (AvgIpc) is 2.94. The average molecular weight is 306 g/mol. The Bertz CT molecular complexity index is 641. The number of ether oxygens (including phenoxy) is 1. The van der Waals surface area contributed by atoms with Crippen molar-refractivity contribution in [2.24, 2.45) is 0 Å². The van der Waals surface area contributed by atoms with Gasteiger partial charge in [0.2, 0.25) is 6.33 Å². The van der Waals surface area contributed by atoms with Crippen LogP contribution in [0.3, 0.4) is 0 Å². The van der Waals surface area contributed by atoms with Gasteiger partial charge in [-0.05, 0) is 22.5 Å². The minimum atomic E-state index is -0.846. The van der Waals surface area contributed by atoms with Crippen molar-refractivity contribution in [2.75, 3.05) is 6.61 Å². The Hall–Kier alpha value is -2.48. The molecule has 0 amide bonds. The number of nitro groups is 1. The van der Waals surface area contributed by atoms with Gasteiger partial charge >= 0.3 is 5.95 Å². The predicted molar refractivity (Wildman–Crippen MR) is 78.7 cm³/mol. The summed E-state index contributed by atoms with van der Waals surface area (Å²) in [5, 5.41) is 24.1. The van der Waals surface area contributed by atoms with Gasteiger partial charge < -0.3 is 20.0 Å². The molecule has 0 saturated heterocycles. The highest BCUT2D eigenvalue weighted by Gasteiger charge is 2.16. The standard InChI is InChI=1S/C14H18N4O4/c1-10(2)12-5-3-4-6-13(12)22-8-11(19)7-17-9-15-14(16-17)18(20)21/h3-6,9-11,19H,7-8H2,1-2H3. The molecule has 1 unspecified atom stereocenters. The third kappa shape index (κ3) is 4.01. The summed E-state index contributed by atoms with van der Waals surface area (Å²) in [5.41, 5.74) is 1.06. The number of rotatable bonds is 7. The monoisotopic (exact) mass is 306 g/mol. The topological polar surface area (TPSA) is 103 Å². The molecule has 0 aliphatic rings. The highest BCUT2D eigenvalue weighted by Crippen LogP contribution is 2.25. The molecule has 0 aliphatic carbocycles. The molecule has 22 heavy (non-hydrogen) atoms. The summed E-state index contributed by atoms with van der Waals surface area (Å²) in [6.07, 6.45) is 0.366. The summed E-state index contributed by atoms with van der Waals surface area (Å²) in [6, 6.07) is 7.64. The first-order valence-corrected chi connectivity index (χ1v) is 6.91. The number of aliphatic hydroxyl groups is 1. The summed E-state index contributed by atoms with van der Waals surface area (Å²) < 4.78 is 6.86. The van der Waals surface area contributed by atoms with Crippen LogP contribution in [-0.2, 0) is 6.54 Å². The normalized spacial score (nSPS) is 12.4. The number of aliphatic hydroxyl groups excluding tert-OH is 1. The Morgan fingerprint density at radius 1 is 1.41 bits per heavy atom. The maximum atomic E-state index is 10.5. The van der Waals surface area contributed by atoms with E-state index < -0.39 is 17.0 Å². The lowest BCUT2D eigenvalue weighted by Gasteiger charge is -2.16. The summed E-state index contributed by atoms with van der Waals surface area (Å²) in [6.45, 7) is 4.27. The van der Waals surface area contributed by atoms with E-state index in [0.29, 0.717) is 5.92 Å². The lowest BCUT2D eigenvalue weighted by Crippen LogP contribution is -2.24.